The fraction of sp³-hybridized carbons (Fsp3) is 1.00. The van der Waals surface area contributed by atoms with Crippen LogP contribution in [0.2, 0.25) is 0 Å². The van der Waals surface area contributed by atoms with Crippen LogP contribution in [-0.2, 0) is 9.24 Å². The summed E-state index contributed by atoms with van der Waals surface area (Å²) in [5.41, 5.74) is 0. The maximum absolute atomic E-state index is 10.9. The first-order valence-corrected chi connectivity index (χ1v) is 7.17. The van der Waals surface area contributed by atoms with Gasteiger partial charge in [-0.05, 0) is 6.42 Å². The van der Waals surface area contributed by atoms with Crippen molar-refractivity contribution in [1.82, 2.24) is 4.31 Å². The highest BCUT2D eigenvalue weighted by Crippen LogP contribution is 2.23. The number of thioether (sulfide) groups is 1. The van der Waals surface area contributed by atoms with Crippen molar-refractivity contribution < 1.29 is 8.42 Å². The minimum absolute atomic E-state index is 0.410. The lowest BCUT2D eigenvalue weighted by Crippen LogP contribution is -2.39. The van der Waals surface area contributed by atoms with Crippen molar-refractivity contribution in [1.29, 1.82) is 0 Å². The van der Waals surface area contributed by atoms with Gasteiger partial charge in [-0.2, -0.15) is 24.5 Å². The molecule has 0 saturated carbocycles. The van der Waals surface area contributed by atoms with Gasteiger partial charge in [0.25, 0.3) is 9.24 Å². The van der Waals surface area contributed by atoms with Gasteiger partial charge in [0.15, 0.2) is 0 Å². The third-order valence-electron chi connectivity index (χ3n) is 1.87. The minimum atomic E-state index is -3.48. The average molecular weight is 230 g/mol. The Labute approximate surface area is 82.0 Å². The predicted molar refractivity (Wildman–Crippen MR) is 52.9 cm³/mol. The van der Waals surface area contributed by atoms with Crippen LogP contribution in [0.25, 0.3) is 0 Å². The van der Waals surface area contributed by atoms with Crippen molar-refractivity contribution in [2.75, 3.05) is 18.8 Å². The minimum Gasteiger partial charge on any atom is -0.195 e. The van der Waals surface area contributed by atoms with Crippen molar-refractivity contribution in [3.05, 3.63) is 0 Å². The maximum Gasteiger partial charge on any atom is 0.299 e. The first-order valence-electron chi connectivity index (χ1n) is 3.85. The Morgan fingerprint density at radius 1 is 1.67 bits per heavy atom. The molecule has 1 rings (SSSR count). The van der Waals surface area contributed by atoms with Crippen LogP contribution in [0, 0.1) is 0 Å². The van der Waals surface area contributed by atoms with Crippen LogP contribution in [0.3, 0.4) is 0 Å². The molecular weight excluding hydrogens is 218 g/mol. The van der Waals surface area contributed by atoms with Gasteiger partial charge in [-0.3, -0.25) is 0 Å². The Kier molecular flexibility index (Phi) is 3.70. The molecule has 1 heterocycles. The molecule has 0 spiro atoms. The van der Waals surface area contributed by atoms with E-state index in [0.717, 1.165) is 12.2 Å². The van der Waals surface area contributed by atoms with Gasteiger partial charge in [-0.1, -0.05) is 6.92 Å². The van der Waals surface area contributed by atoms with E-state index >= 15 is 0 Å². The van der Waals surface area contributed by atoms with Gasteiger partial charge in [0, 0.05) is 34.8 Å². The summed E-state index contributed by atoms with van der Waals surface area (Å²) in [5.74, 6) is 0.852. The van der Waals surface area contributed by atoms with Gasteiger partial charge >= 0.3 is 0 Å². The lowest BCUT2D eigenvalue weighted by molar-refractivity contribution is 0.426. The molecule has 1 aliphatic heterocycles. The van der Waals surface area contributed by atoms with Gasteiger partial charge in [0.2, 0.25) is 0 Å². The number of hydrogen-bond donors (Lipinski definition) is 0. The predicted octanol–water partition coefficient (Wildman–Crippen LogP) is 1.30. The van der Waals surface area contributed by atoms with Crippen LogP contribution in [0.15, 0.2) is 0 Å². The third-order valence-corrected chi connectivity index (χ3v) is 4.77. The topological polar surface area (TPSA) is 37.4 Å². The molecule has 3 nitrogen and oxygen atoms in total. The van der Waals surface area contributed by atoms with Gasteiger partial charge in [0.05, 0.1) is 0 Å². The van der Waals surface area contributed by atoms with Crippen LogP contribution < -0.4 is 0 Å². The van der Waals surface area contributed by atoms with E-state index < -0.39 is 9.24 Å². The second kappa shape index (κ2) is 4.17. The van der Waals surface area contributed by atoms with Crippen molar-refractivity contribution in [2.24, 2.45) is 0 Å². The fourth-order valence-corrected chi connectivity index (χ4v) is 3.57. The van der Waals surface area contributed by atoms with Crippen LogP contribution in [0.5, 0.6) is 0 Å². The normalized spacial score (nSPS) is 27.3. The Hall–Kier alpha value is 0.550. The Balaban J connectivity index is 2.58. The van der Waals surface area contributed by atoms with E-state index in [4.69, 9.17) is 10.7 Å². The first kappa shape index (κ1) is 10.6. The van der Waals surface area contributed by atoms with E-state index in [2.05, 4.69) is 6.92 Å². The molecule has 0 aromatic rings. The van der Waals surface area contributed by atoms with E-state index in [-0.39, 0.29) is 0 Å². The fourth-order valence-electron chi connectivity index (χ4n) is 1.14. The van der Waals surface area contributed by atoms with Gasteiger partial charge in [-0.25, -0.2) is 0 Å². The smallest absolute Gasteiger partial charge is 0.195 e. The zero-order chi connectivity index (χ0) is 9.19. The maximum atomic E-state index is 10.9. The Morgan fingerprint density at radius 2 is 2.33 bits per heavy atom. The van der Waals surface area contributed by atoms with Crippen LogP contribution in [0.1, 0.15) is 13.3 Å². The van der Waals surface area contributed by atoms with E-state index in [0.29, 0.717) is 18.3 Å². The molecular formula is C6H12ClNO2S2. The van der Waals surface area contributed by atoms with Crippen molar-refractivity contribution >= 4 is 31.7 Å². The summed E-state index contributed by atoms with van der Waals surface area (Å²) in [7, 11) is 1.75. The van der Waals surface area contributed by atoms with E-state index in [1.54, 1.807) is 0 Å². The molecule has 12 heavy (non-hydrogen) atoms. The quantitative estimate of drug-likeness (QED) is 0.670. The molecule has 0 bridgehead atoms. The summed E-state index contributed by atoms with van der Waals surface area (Å²) in [4.78, 5) is 0. The molecule has 72 valence electrons. The molecule has 1 aliphatic rings. The molecule has 1 unspecified atom stereocenters. The van der Waals surface area contributed by atoms with E-state index in [1.165, 1.54) is 4.31 Å². The molecule has 0 amide bonds. The zero-order valence-corrected chi connectivity index (χ0v) is 9.25. The molecule has 1 saturated heterocycles. The second-order valence-corrected chi connectivity index (χ2v) is 6.62. The lowest BCUT2D eigenvalue weighted by atomic mass is 10.3. The largest absolute Gasteiger partial charge is 0.299 e. The average Bonchev–Trinajstić information content (AvgIpc) is 2.03. The van der Waals surface area contributed by atoms with Gasteiger partial charge in [-0.15, -0.1) is 0 Å². The standard InChI is InChI=1S/C6H12ClNO2S2/c1-2-6-5-8(3-4-11-6)12(7,9)10/h6H,2-5H2,1H3. The summed E-state index contributed by atoms with van der Waals surface area (Å²) in [6.07, 6.45) is 0.994. The van der Waals surface area contributed by atoms with Gasteiger partial charge in [0.1, 0.15) is 0 Å². The van der Waals surface area contributed by atoms with Crippen molar-refractivity contribution in [2.45, 2.75) is 18.6 Å². The summed E-state index contributed by atoms with van der Waals surface area (Å²) in [6.45, 7) is 3.17. The molecule has 0 aromatic carbocycles. The van der Waals surface area contributed by atoms with Crippen LogP contribution in [0.4, 0.5) is 0 Å². The second-order valence-electron chi connectivity index (χ2n) is 2.70. The summed E-state index contributed by atoms with van der Waals surface area (Å²) >= 11 is 1.82. The number of rotatable bonds is 2. The van der Waals surface area contributed by atoms with Crippen molar-refractivity contribution in [3.8, 4) is 0 Å². The summed E-state index contributed by atoms with van der Waals surface area (Å²) in [5, 5.41) is 0.410. The lowest BCUT2D eigenvalue weighted by Gasteiger charge is -2.28. The highest BCUT2D eigenvalue weighted by molar-refractivity contribution is 8.12. The van der Waals surface area contributed by atoms with Crippen molar-refractivity contribution in [3.63, 3.8) is 0 Å². The summed E-state index contributed by atoms with van der Waals surface area (Å²) < 4.78 is 23.2. The van der Waals surface area contributed by atoms with Crippen LogP contribution in [-0.4, -0.2) is 36.8 Å². The highest BCUT2D eigenvalue weighted by atomic mass is 35.7. The molecule has 0 aromatic heterocycles. The molecule has 0 N–H and O–H groups in total. The SMILES string of the molecule is CCC1CN(S(=O)(=O)Cl)CCS1. The monoisotopic (exact) mass is 229 g/mol. The number of hydrogen-bond acceptors (Lipinski definition) is 3. The Bertz CT molecular complexity index is 242. The number of halogens is 1. The van der Waals surface area contributed by atoms with Crippen LogP contribution >= 0.6 is 22.4 Å². The molecule has 1 fully saturated rings. The molecule has 6 heteroatoms. The zero-order valence-electron chi connectivity index (χ0n) is 6.86. The van der Waals surface area contributed by atoms with Gasteiger partial charge < -0.3 is 0 Å². The third kappa shape index (κ3) is 2.80. The Morgan fingerprint density at radius 3 is 2.83 bits per heavy atom. The molecule has 0 radical (unpaired) electrons. The summed E-state index contributed by atoms with van der Waals surface area (Å²) in [6, 6.07) is 0. The first-order chi connectivity index (χ1) is 5.54. The molecule has 1 atom stereocenters. The van der Waals surface area contributed by atoms with E-state index in [1.807, 2.05) is 11.8 Å². The highest BCUT2D eigenvalue weighted by Gasteiger charge is 2.26. The molecule has 0 aliphatic carbocycles. The number of nitrogens with zero attached hydrogens (tertiary/aromatic N) is 1. The van der Waals surface area contributed by atoms with E-state index in [9.17, 15) is 8.42 Å².